The SMILES string of the molecule is NC(CCC(=O)NC(CS)C(=O)NC(O)C(=O)O)C(=O)O. The van der Waals surface area contributed by atoms with E-state index in [1.165, 1.54) is 0 Å². The van der Waals surface area contributed by atoms with E-state index in [9.17, 15) is 19.2 Å². The second-order valence-corrected chi connectivity index (χ2v) is 4.40. The molecule has 2 amide bonds. The number of carbonyl (C=O) groups is 4. The smallest absolute Gasteiger partial charge is 0.353 e. The molecule has 0 fully saturated rings. The Morgan fingerprint density at radius 2 is 1.67 bits per heavy atom. The minimum Gasteiger partial charge on any atom is -0.480 e. The molecule has 3 unspecified atom stereocenters. The summed E-state index contributed by atoms with van der Waals surface area (Å²) in [4.78, 5) is 43.9. The van der Waals surface area contributed by atoms with Crippen molar-refractivity contribution >= 4 is 36.4 Å². The van der Waals surface area contributed by atoms with Gasteiger partial charge < -0.3 is 31.7 Å². The zero-order valence-electron chi connectivity index (χ0n) is 10.9. The summed E-state index contributed by atoms with van der Waals surface area (Å²) in [7, 11) is 0. The molecular formula is C10H17N3O7S. The second-order valence-electron chi connectivity index (χ2n) is 4.04. The van der Waals surface area contributed by atoms with E-state index in [4.69, 9.17) is 21.1 Å². The monoisotopic (exact) mass is 323 g/mol. The summed E-state index contributed by atoms with van der Waals surface area (Å²) < 4.78 is 0. The number of hydrogen-bond donors (Lipinski definition) is 7. The summed E-state index contributed by atoms with van der Waals surface area (Å²) in [5, 5.41) is 29.9. The highest BCUT2D eigenvalue weighted by atomic mass is 32.1. The lowest BCUT2D eigenvalue weighted by Gasteiger charge is -2.18. The molecule has 0 aliphatic heterocycles. The fourth-order valence-corrected chi connectivity index (χ4v) is 1.42. The van der Waals surface area contributed by atoms with Crippen LogP contribution in [-0.2, 0) is 19.2 Å². The number of nitrogens with two attached hydrogens (primary N) is 1. The minimum absolute atomic E-state index is 0.125. The molecule has 11 heteroatoms. The molecule has 0 aromatic rings. The van der Waals surface area contributed by atoms with Crippen molar-refractivity contribution in [1.29, 1.82) is 0 Å². The summed E-state index contributed by atoms with van der Waals surface area (Å²) in [6, 6.07) is -2.37. The third-order valence-corrected chi connectivity index (χ3v) is 2.71. The lowest BCUT2D eigenvalue weighted by molar-refractivity contribution is -0.151. The van der Waals surface area contributed by atoms with Crippen LogP contribution >= 0.6 is 12.6 Å². The van der Waals surface area contributed by atoms with Gasteiger partial charge in [-0.2, -0.15) is 12.6 Å². The van der Waals surface area contributed by atoms with Crippen molar-refractivity contribution < 1.29 is 34.5 Å². The number of carboxylic acids is 2. The molecule has 0 bridgehead atoms. The summed E-state index contributed by atoms with van der Waals surface area (Å²) in [5.74, 6) is -4.63. The van der Waals surface area contributed by atoms with Gasteiger partial charge in [0.1, 0.15) is 12.1 Å². The Kier molecular flexibility index (Phi) is 8.35. The molecule has 0 aromatic carbocycles. The molecule has 0 aliphatic rings. The highest BCUT2D eigenvalue weighted by Gasteiger charge is 2.24. The van der Waals surface area contributed by atoms with Crippen LogP contribution in [0.1, 0.15) is 12.8 Å². The maximum Gasteiger partial charge on any atom is 0.353 e. The van der Waals surface area contributed by atoms with E-state index in [0.717, 1.165) is 0 Å². The summed E-state index contributed by atoms with van der Waals surface area (Å²) >= 11 is 3.82. The van der Waals surface area contributed by atoms with Crippen LogP contribution < -0.4 is 16.4 Å². The van der Waals surface area contributed by atoms with Gasteiger partial charge in [-0.1, -0.05) is 0 Å². The molecule has 0 saturated heterocycles. The molecule has 3 atom stereocenters. The Labute approximate surface area is 125 Å². The number of aliphatic carboxylic acids is 2. The van der Waals surface area contributed by atoms with Crippen LogP contribution in [0.25, 0.3) is 0 Å². The summed E-state index contributed by atoms with van der Waals surface area (Å²) in [6.07, 6.45) is -2.45. The molecule has 0 aromatic heterocycles. The third kappa shape index (κ3) is 7.48. The van der Waals surface area contributed by atoms with Gasteiger partial charge in [-0.3, -0.25) is 14.4 Å². The van der Waals surface area contributed by atoms with Crippen molar-refractivity contribution in [2.45, 2.75) is 31.2 Å². The maximum absolute atomic E-state index is 11.6. The quantitative estimate of drug-likeness (QED) is 0.174. The Hall–Kier alpha value is -1.85. The molecule has 0 spiro atoms. The summed E-state index contributed by atoms with van der Waals surface area (Å²) in [5.41, 5.74) is 5.21. The number of thiol groups is 1. The van der Waals surface area contributed by atoms with E-state index >= 15 is 0 Å². The standard InChI is InChI=1S/C10H17N3O7S/c11-4(9(17)18)1-2-6(14)12-5(3-21)7(15)13-8(16)10(19)20/h4-5,8,16,21H,1-3,11H2,(H,12,14)(H,13,15)(H,17,18)(H,19,20). The Bertz CT molecular complexity index is 417. The molecule has 0 radical (unpaired) electrons. The maximum atomic E-state index is 11.6. The van der Waals surface area contributed by atoms with E-state index in [-0.39, 0.29) is 18.6 Å². The lowest BCUT2D eigenvalue weighted by atomic mass is 10.1. The molecule has 0 saturated carbocycles. The first-order valence-electron chi connectivity index (χ1n) is 5.78. The van der Waals surface area contributed by atoms with Gasteiger partial charge in [-0.25, -0.2) is 4.79 Å². The van der Waals surface area contributed by atoms with Gasteiger partial charge >= 0.3 is 11.9 Å². The van der Waals surface area contributed by atoms with E-state index in [0.29, 0.717) is 0 Å². The largest absolute Gasteiger partial charge is 0.480 e. The Morgan fingerprint density at radius 1 is 1.10 bits per heavy atom. The van der Waals surface area contributed by atoms with Gasteiger partial charge in [-0.05, 0) is 6.42 Å². The number of nitrogens with one attached hydrogen (secondary N) is 2. The topological polar surface area (TPSA) is 179 Å². The van der Waals surface area contributed by atoms with Crippen LogP contribution in [0.2, 0.25) is 0 Å². The zero-order chi connectivity index (χ0) is 16.6. The van der Waals surface area contributed by atoms with Gasteiger partial charge in [0.05, 0.1) is 0 Å². The molecule has 0 aliphatic carbocycles. The van der Waals surface area contributed by atoms with Crippen molar-refractivity contribution in [1.82, 2.24) is 10.6 Å². The second kappa shape index (κ2) is 9.15. The zero-order valence-corrected chi connectivity index (χ0v) is 11.7. The van der Waals surface area contributed by atoms with Gasteiger partial charge in [-0.15, -0.1) is 0 Å². The molecule has 120 valence electrons. The fourth-order valence-electron chi connectivity index (χ4n) is 1.17. The predicted octanol–water partition coefficient (Wildman–Crippen LogP) is -2.89. The summed E-state index contributed by atoms with van der Waals surface area (Å²) in [6.45, 7) is 0. The van der Waals surface area contributed by atoms with Gasteiger partial charge in [0.15, 0.2) is 0 Å². The number of rotatable bonds is 9. The average Bonchev–Trinajstić information content (AvgIpc) is 2.41. The van der Waals surface area contributed by atoms with Crippen LogP contribution in [0.5, 0.6) is 0 Å². The van der Waals surface area contributed by atoms with Crippen LogP contribution in [0.3, 0.4) is 0 Å². The van der Waals surface area contributed by atoms with Gasteiger partial charge in [0.2, 0.25) is 18.0 Å². The van der Waals surface area contributed by atoms with Crippen molar-refractivity contribution in [2.75, 3.05) is 5.75 Å². The average molecular weight is 323 g/mol. The van der Waals surface area contributed by atoms with E-state index in [1.54, 1.807) is 5.32 Å². The van der Waals surface area contributed by atoms with Gasteiger partial charge in [0.25, 0.3) is 0 Å². The highest BCUT2D eigenvalue weighted by Crippen LogP contribution is 1.97. The molecule has 0 rings (SSSR count). The van der Waals surface area contributed by atoms with Crippen molar-refractivity contribution in [3.8, 4) is 0 Å². The van der Waals surface area contributed by atoms with Crippen LogP contribution in [0, 0.1) is 0 Å². The van der Waals surface area contributed by atoms with Crippen LogP contribution in [-0.4, -0.2) is 63.1 Å². The van der Waals surface area contributed by atoms with E-state index in [1.807, 2.05) is 0 Å². The highest BCUT2D eigenvalue weighted by molar-refractivity contribution is 7.80. The number of carbonyl (C=O) groups excluding carboxylic acids is 2. The lowest BCUT2D eigenvalue weighted by Crippen LogP contribution is -2.52. The Balaban J connectivity index is 4.36. The van der Waals surface area contributed by atoms with Crippen LogP contribution in [0.15, 0.2) is 0 Å². The van der Waals surface area contributed by atoms with E-state index < -0.39 is 42.1 Å². The van der Waals surface area contributed by atoms with Crippen molar-refractivity contribution in [2.24, 2.45) is 5.73 Å². The predicted molar refractivity (Wildman–Crippen MR) is 72.4 cm³/mol. The molecular weight excluding hydrogens is 306 g/mol. The first kappa shape index (κ1) is 19.1. The first-order valence-corrected chi connectivity index (χ1v) is 6.42. The third-order valence-electron chi connectivity index (χ3n) is 2.35. The normalized spacial score (nSPS) is 14.6. The molecule has 0 heterocycles. The molecule has 7 N–H and O–H groups in total. The van der Waals surface area contributed by atoms with Crippen molar-refractivity contribution in [3.05, 3.63) is 0 Å². The fraction of sp³-hybridized carbons (Fsp3) is 0.600. The van der Waals surface area contributed by atoms with Gasteiger partial charge in [0, 0.05) is 12.2 Å². The first-order chi connectivity index (χ1) is 9.68. The number of carboxylic acid groups (broad SMARTS) is 2. The minimum atomic E-state index is -2.10. The van der Waals surface area contributed by atoms with Crippen molar-refractivity contribution in [3.63, 3.8) is 0 Å². The van der Waals surface area contributed by atoms with E-state index in [2.05, 4.69) is 17.9 Å². The Morgan fingerprint density at radius 3 is 2.10 bits per heavy atom. The number of aliphatic hydroxyl groups is 1. The number of aliphatic hydroxyl groups excluding tert-OH is 1. The molecule has 21 heavy (non-hydrogen) atoms. The number of hydrogen-bond acceptors (Lipinski definition) is 7. The van der Waals surface area contributed by atoms with Crippen LogP contribution in [0.4, 0.5) is 0 Å². The number of amides is 2. The molecule has 10 nitrogen and oxygen atoms in total.